The van der Waals surface area contributed by atoms with Crippen LogP contribution >= 0.6 is 0 Å². The van der Waals surface area contributed by atoms with Gasteiger partial charge in [-0.1, -0.05) is 0 Å². The van der Waals surface area contributed by atoms with Crippen LogP contribution in [0, 0.1) is 12.8 Å². The SMILES string of the molecule is CCn1cnc(S(=O)(=O)N2CCC(C(=O)NCc3ccc(C)o3)CC2)c1. The van der Waals surface area contributed by atoms with Crippen LogP contribution in [0.15, 0.2) is 34.1 Å². The van der Waals surface area contributed by atoms with Gasteiger partial charge in [0.2, 0.25) is 5.91 Å². The third-order valence-corrected chi connectivity index (χ3v) is 6.42. The van der Waals surface area contributed by atoms with Gasteiger partial charge in [0.1, 0.15) is 11.5 Å². The van der Waals surface area contributed by atoms with Gasteiger partial charge in [-0.3, -0.25) is 4.79 Å². The standard InChI is InChI=1S/C17H24N4O4S/c1-3-20-11-16(19-12-20)26(23,24)21-8-6-14(7-9-21)17(22)18-10-15-5-4-13(2)25-15/h4-5,11-12,14H,3,6-10H2,1-2H3,(H,18,22). The highest BCUT2D eigenvalue weighted by atomic mass is 32.2. The fourth-order valence-electron chi connectivity index (χ4n) is 3.04. The number of amides is 1. The van der Waals surface area contributed by atoms with E-state index >= 15 is 0 Å². The summed E-state index contributed by atoms with van der Waals surface area (Å²) in [5, 5.41) is 2.93. The fourth-order valence-corrected chi connectivity index (χ4v) is 4.44. The van der Waals surface area contributed by atoms with E-state index < -0.39 is 10.0 Å². The average molecular weight is 380 g/mol. The number of furan rings is 1. The molecule has 0 atom stereocenters. The molecule has 3 rings (SSSR count). The van der Waals surface area contributed by atoms with Crippen LogP contribution in [-0.4, -0.2) is 41.3 Å². The Kier molecular flexibility index (Phi) is 5.47. The lowest BCUT2D eigenvalue weighted by Gasteiger charge is -2.29. The summed E-state index contributed by atoms with van der Waals surface area (Å²) in [7, 11) is -3.60. The first-order valence-corrected chi connectivity index (χ1v) is 10.2. The molecule has 9 heteroatoms. The third kappa shape index (κ3) is 3.99. The lowest BCUT2D eigenvalue weighted by atomic mass is 9.97. The molecule has 2 aromatic rings. The van der Waals surface area contributed by atoms with E-state index in [1.54, 1.807) is 10.8 Å². The van der Waals surface area contributed by atoms with Gasteiger partial charge in [-0.2, -0.15) is 4.31 Å². The molecule has 1 saturated heterocycles. The number of nitrogens with zero attached hydrogens (tertiary/aromatic N) is 3. The Morgan fingerprint density at radius 2 is 2.08 bits per heavy atom. The molecule has 2 aromatic heterocycles. The molecule has 8 nitrogen and oxygen atoms in total. The molecule has 0 unspecified atom stereocenters. The van der Waals surface area contributed by atoms with Crippen molar-refractivity contribution in [3.8, 4) is 0 Å². The van der Waals surface area contributed by atoms with Crippen LogP contribution < -0.4 is 5.32 Å². The van der Waals surface area contributed by atoms with Crippen molar-refractivity contribution in [2.45, 2.75) is 44.8 Å². The molecule has 3 heterocycles. The number of sulfonamides is 1. The number of rotatable bonds is 6. The first-order valence-electron chi connectivity index (χ1n) is 8.75. The molecule has 0 bridgehead atoms. The summed E-state index contributed by atoms with van der Waals surface area (Å²) in [6, 6.07) is 3.69. The van der Waals surface area contributed by atoms with E-state index in [1.165, 1.54) is 10.6 Å². The lowest BCUT2D eigenvalue weighted by molar-refractivity contribution is -0.126. The highest BCUT2D eigenvalue weighted by Gasteiger charge is 2.33. The van der Waals surface area contributed by atoms with Gasteiger partial charge in [-0.25, -0.2) is 13.4 Å². The van der Waals surface area contributed by atoms with E-state index in [-0.39, 0.29) is 16.9 Å². The van der Waals surface area contributed by atoms with Crippen molar-refractivity contribution in [2.75, 3.05) is 13.1 Å². The van der Waals surface area contributed by atoms with Crippen molar-refractivity contribution < 1.29 is 17.6 Å². The monoisotopic (exact) mass is 380 g/mol. The third-order valence-electron chi connectivity index (χ3n) is 4.64. The Bertz CT molecular complexity index is 863. The number of piperidine rings is 1. The highest BCUT2D eigenvalue weighted by Crippen LogP contribution is 2.23. The number of hydrogen-bond acceptors (Lipinski definition) is 5. The van der Waals surface area contributed by atoms with E-state index in [0.29, 0.717) is 44.8 Å². The molecule has 1 aliphatic heterocycles. The minimum absolute atomic E-state index is 0.0636. The minimum atomic E-state index is -3.60. The van der Waals surface area contributed by atoms with Gasteiger partial charge < -0.3 is 14.3 Å². The zero-order chi connectivity index (χ0) is 18.7. The summed E-state index contributed by atoms with van der Waals surface area (Å²) >= 11 is 0. The number of imidazole rings is 1. The predicted molar refractivity (Wildman–Crippen MR) is 94.7 cm³/mol. The number of carbonyl (C=O) groups excluding carboxylic acids is 1. The Morgan fingerprint density at radius 1 is 1.35 bits per heavy atom. The molecule has 1 fully saturated rings. The largest absolute Gasteiger partial charge is 0.465 e. The van der Waals surface area contributed by atoms with E-state index in [9.17, 15) is 13.2 Å². The quantitative estimate of drug-likeness (QED) is 0.819. The van der Waals surface area contributed by atoms with Crippen LogP contribution in [0.3, 0.4) is 0 Å². The summed E-state index contributed by atoms with van der Waals surface area (Å²) in [5.41, 5.74) is 0. The van der Waals surface area contributed by atoms with Crippen LogP contribution in [0.25, 0.3) is 0 Å². The lowest BCUT2D eigenvalue weighted by Crippen LogP contribution is -2.42. The number of carbonyl (C=O) groups is 1. The van der Waals surface area contributed by atoms with E-state index in [4.69, 9.17) is 4.42 Å². The van der Waals surface area contributed by atoms with Gasteiger partial charge in [0.05, 0.1) is 12.9 Å². The Labute approximate surface area is 153 Å². The topological polar surface area (TPSA) is 97.4 Å². The van der Waals surface area contributed by atoms with E-state index in [2.05, 4.69) is 10.3 Å². The molecular weight excluding hydrogens is 356 g/mol. The molecule has 0 spiro atoms. The number of nitrogens with one attached hydrogen (secondary N) is 1. The van der Waals surface area contributed by atoms with Crippen molar-refractivity contribution in [2.24, 2.45) is 5.92 Å². The Hall–Kier alpha value is -2.13. The zero-order valence-electron chi connectivity index (χ0n) is 15.0. The normalized spacial score (nSPS) is 16.7. The average Bonchev–Trinajstić information content (AvgIpc) is 3.29. The summed E-state index contributed by atoms with van der Waals surface area (Å²) in [6.45, 7) is 5.43. The maximum Gasteiger partial charge on any atom is 0.262 e. The Balaban J connectivity index is 1.54. The van der Waals surface area contributed by atoms with Gasteiger partial charge >= 0.3 is 0 Å². The fraction of sp³-hybridized carbons (Fsp3) is 0.529. The molecule has 1 N–H and O–H groups in total. The first-order chi connectivity index (χ1) is 12.4. The van der Waals surface area contributed by atoms with Crippen LogP contribution in [0.5, 0.6) is 0 Å². The summed E-state index contributed by atoms with van der Waals surface area (Å²) in [4.78, 5) is 16.3. The van der Waals surface area contributed by atoms with Crippen LogP contribution in [0.4, 0.5) is 0 Å². The van der Waals surface area contributed by atoms with Crippen LogP contribution in [0.2, 0.25) is 0 Å². The van der Waals surface area contributed by atoms with E-state index in [0.717, 1.165) is 5.76 Å². The van der Waals surface area contributed by atoms with Gasteiger partial charge in [-0.05, 0) is 38.8 Å². The van der Waals surface area contributed by atoms with Crippen molar-refractivity contribution in [1.82, 2.24) is 19.2 Å². The molecule has 26 heavy (non-hydrogen) atoms. The highest BCUT2D eigenvalue weighted by molar-refractivity contribution is 7.89. The molecule has 1 aliphatic rings. The molecule has 1 amide bonds. The van der Waals surface area contributed by atoms with Crippen molar-refractivity contribution in [1.29, 1.82) is 0 Å². The second-order valence-electron chi connectivity index (χ2n) is 6.45. The molecule has 0 aromatic carbocycles. The molecular formula is C17H24N4O4S. The minimum Gasteiger partial charge on any atom is -0.465 e. The molecule has 0 radical (unpaired) electrons. The molecule has 0 aliphatic carbocycles. The molecule has 142 valence electrons. The number of aryl methyl sites for hydroxylation is 2. The second-order valence-corrected chi connectivity index (χ2v) is 8.34. The van der Waals surface area contributed by atoms with Crippen molar-refractivity contribution >= 4 is 15.9 Å². The number of hydrogen-bond donors (Lipinski definition) is 1. The number of aromatic nitrogens is 2. The van der Waals surface area contributed by atoms with Gasteiger partial charge in [-0.15, -0.1) is 0 Å². The summed E-state index contributed by atoms with van der Waals surface area (Å²) in [6.07, 6.45) is 4.05. The van der Waals surface area contributed by atoms with Crippen LogP contribution in [-0.2, 0) is 27.9 Å². The van der Waals surface area contributed by atoms with Crippen molar-refractivity contribution in [3.63, 3.8) is 0 Å². The van der Waals surface area contributed by atoms with Gasteiger partial charge in [0.15, 0.2) is 5.03 Å². The van der Waals surface area contributed by atoms with Crippen LogP contribution in [0.1, 0.15) is 31.3 Å². The predicted octanol–water partition coefficient (Wildman–Crippen LogP) is 1.52. The first kappa shape index (κ1) is 18.7. The van der Waals surface area contributed by atoms with Gasteiger partial charge in [0.25, 0.3) is 10.0 Å². The summed E-state index contributed by atoms with van der Waals surface area (Å²) < 4.78 is 33.9. The molecule has 0 saturated carbocycles. The summed E-state index contributed by atoms with van der Waals surface area (Å²) in [5.74, 6) is 1.26. The smallest absolute Gasteiger partial charge is 0.262 e. The van der Waals surface area contributed by atoms with E-state index in [1.807, 2.05) is 26.0 Å². The van der Waals surface area contributed by atoms with Gasteiger partial charge in [0, 0.05) is 31.7 Å². The zero-order valence-corrected chi connectivity index (χ0v) is 15.8. The maximum absolute atomic E-state index is 12.6. The Morgan fingerprint density at radius 3 is 2.65 bits per heavy atom. The van der Waals surface area contributed by atoms with Crippen molar-refractivity contribution in [3.05, 3.63) is 36.2 Å². The maximum atomic E-state index is 12.6. The second kappa shape index (κ2) is 7.63.